The second-order valence-electron chi connectivity index (χ2n) is 7.64. The first-order chi connectivity index (χ1) is 15.6. The SMILES string of the molecule is Cc1ccc(/C=N/N(C(=O)C2COc3ccccc3O2)c2nc3ccc(C)cc3s2)cc1. The molecule has 1 atom stereocenters. The van der Waals surface area contributed by atoms with E-state index in [1.54, 1.807) is 12.3 Å². The maximum absolute atomic E-state index is 13.5. The normalized spacial score (nSPS) is 15.2. The number of carbonyl (C=O) groups excluding carboxylic acids is 1. The van der Waals surface area contributed by atoms with Crippen LogP contribution in [0.15, 0.2) is 71.8 Å². The number of hydrogen-bond donors (Lipinski definition) is 0. The third kappa shape index (κ3) is 4.07. The number of nitrogens with zero attached hydrogens (tertiary/aromatic N) is 3. The van der Waals surface area contributed by atoms with E-state index < -0.39 is 6.10 Å². The zero-order valence-electron chi connectivity index (χ0n) is 17.7. The third-order valence-corrected chi connectivity index (χ3v) is 6.10. The standard InChI is InChI=1S/C25H21N3O3S/c1-16-7-10-18(11-8-16)14-26-28(25-27-19-12-9-17(2)13-23(19)32-25)24(29)22-15-30-20-5-3-4-6-21(20)31-22/h3-14,22H,15H2,1-2H3/b26-14+. The molecule has 0 radical (unpaired) electrons. The number of aryl methyl sites for hydroxylation is 2. The van der Waals surface area contributed by atoms with E-state index in [1.807, 2.05) is 68.4 Å². The number of carbonyl (C=O) groups is 1. The molecule has 6 nitrogen and oxygen atoms in total. The maximum Gasteiger partial charge on any atom is 0.294 e. The van der Waals surface area contributed by atoms with E-state index in [-0.39, 0.29) is 12.5 Å². The Balaban J connectivity index is 1.49. The fourth-order valence-electron chi connectivity index (χ4n) is 3.37. The average molecular weight is 444 g/mol. The first kappa shape index (κ1) is 20.2. The zero-order chi connectivity index (χ0) is 22.1. The fraction of sp³-hybridized carbons (Fsp3) is 0.160. The molecule has 0 fully saturated rings. The Hall–Kier alpha value is -3.71. The molecular formula is C25H21N3O3S. The maximum atomic E-state index is 13.5. The van der Waals surface area contributed by atoms with Gasteiger partial charge in [0.1, 0.15) is 6.61 Å². The van der Waals surface area contributed by atoms with E-state index in [0.717, 1.165) is 26.9 Å². The van der Waals surface area contributed by atoms with Gasteiger partial charge in [-0.15, -0.1) is 0 Å². The molecule has 32 heavy (non-hydrogen) atoms. The van der Waals surface area contributed by atoms with Crippen molar-refractivity contribution >= 4 is 38.8 Å². The summed E-state index contributed by atoms with van der Waals surface area (Å²) in [6, 6.07) is 21.2. The van der Waals surface area contributed by atoms with Crippen LogP contribution in [0.4, 0.5) is 5.13 Å². The lowest BCUT2D eigenvalue weighted by Gasteiger charge is -2.27. The van der Waals surface area contributed by atoms with E-state index in [1.165, 1.54) is 16.3 Å². The molecule has 7 heteroatoms. The quantitative estimate of drug-likeness (QED) is 0.324. The summed E-state index contributed by atoms with van der Waals surface area (Å²) >= 11 is 1.42. The predicted molar refractivity (Wildman–Crippen MR) is 127 cm³/mol. The highest BCUT2D eigenvalue weighted by atomic mass is 32.1. The van der Waals surface area contributed by atoms with Gasteiger partial charge in [0.2, 0.25) is 11.2 Å². The number of para-hydroxylation sites is 2. The van der Waals surface area contributed by atoms with Gasteiger partial charge in [-0.2, -0.15) is 10.1 Å². The largest absolute Gasteiger partial charge is 0.485 e. The minimum Gasteiger partial charge on any atom is -0.485 e. The Labute approximate surface area is 189 Å². The van der Waals surface area contributed by atoms with Crippen molar-refractivity contribution in [3.8, 4) is 11.5 Å². The minimum absolute atomic E-state index is 0.108. The number of amides is 1. The van der Waals surface area contributed by atoms with Crippen LogP contribution >= 0.6 is 11.3 Å². The van der Waals surface area contributed by atoms with Gasteiger partial charge in [0, 0.05) is 0 Å². The Morgan fingerprint density at radius 3 is 2.62 bits per heavy atom. The van der Waals surface area contributed by atoms with Crippen molar-refractivity contribution in [3.63, 3.8) is 0 Å². The van der Waals surface area contributed by atoms with E-state index in [0.29, 0.717) is 16.6 Å². The molecule has 160 valence electrons. The van der Waals surface area contributed by atoms with Crippen molar-refractivity contribution in [1.82, 2.24) is 4.98 Å². The van der Waals surface area contributed by atoms with Gasteiger partial charge in [-0.05, 0) is 49.2 Å². The number of hydrogen-bond acceptors (Lipinski definition) is 6. The van der Waals surface area contributed by atoms with Gasteiger partial charge in [-0.1, -0.05) is 59.4 Å². The second-order valence-corrected chi connectivity index (χ2v) is 8.65. The minimum atomic E-state index is -0.825. The highest BCUT2D eigenvalue weighted by Crippen LogP contribution is 2.34. The van der Waals surface area contributed by atoms with Crippen LogP contribution in [0.2, 0.25) is 0 Å². The van der Waals surface area contributed by atoms with Crippen LogP contribution in [0.5, 0.6) is 11.5 Å². The fourth-order valence-corrected chi connectivity index (χ4v) is 4.39. The summed E-state index contributed by atoms with van der Waals surface area (Å²) in [7, 11) is 0. The van der Waals surface area contributed by atoms with Crippen LogP contribution in [-0.2, 0) is 4.79 Å². The van der Waals surface area contributed by atoms with Crippen molar-refractivity contribution in [1.29, 1.82) is 0 Å². The molecule has 2 heterocycles. The molecule has 1 aromatic heterocycles. The number of anilines is 1. The zero-order valence-corrected chi connectivity index (χ0v) is 18.5. The Morgan fingerprint density at radius 2 is 1.81 bits per heavy atom. The van der Waals surface area contributed by atoms with E-state index in [4.69, 9.17) is 9.47 Å². The number of ether oxygens (including phenoxy) is 2. The molecule has 1 aliphatic rings. The lowest BCUT2D eigenvalue weighted by molar-refractivity contribution is -0.127. The molecule has 0 saturated heterocycles. The number of hydrazone groups is 1. The van der Waals surface area contributed by atoms with Crippen molar-refractivity contribution in [2.45, 2.75) is 20.0 Å². The van der Waals surface area contributed by atoms with E-state index >= 15 is 0 Å². The summed E-state index contributed by atoms with van der Waals surface area (Å²) in [6.45, 7) is 4.16. The second kappa shape index (κ2) is 8.43. The lowest BCUT2D eigenvalue weighted by atomic mass is 10.2. The predicted octanol–water partition coefficient (Wildman–Crippen LogP) is 5.12. The molecular weight excluding hydrogens is 422 g/mol. The Morgan fingerprint density at radius 1 is 1.06 bits per heavy atom. The van der Waals surface area contributed by atoms with Crippen LogP contribution in [0, 0.1) is 13.8 Å². The monoisotopic (exact) mass is 443 g/mol. The highest BCUT2D eigenvalue weighted by Gasteiger charge is 2.33. The summed E-state index contributed by atoms with van der Waals surface area (Å²) in [5.74, 6) is 0.833. The lowest BCUT2D eigenvalue weighted by Crippen LogP contribution is -2.44. The molecule has 4 aromatic rings. The molecule has 0 saturated carbocycles. The Kier molecular flexibility index (Phi) is 5.33. The van der Waals surface area contributed by atoms with Gasteiger partial charge in [0.15, 0.2) is 11.5 Å². The van der Waals surface area contributed by atoms with Crippen LogP contribution in [0.3, 0.4) is 0 Å². The van der Waals surface area contributed by atoms with Crippen LogP contribution in [0.1, 0.15) is 16.7 Å². The molecule has 0 N–H and O–H groups in total. The van der Waals surface area contributed by atoms with Gasteiger partial charge in [-0.3, -0.25) is 4.79 Å². The smallest absolute Gasteiger partial charge is 0.294 e. The Bertz CT molecular complexity index is 1310. The molecule has 1 aliphatic heterocycles. The highest BCUT2D eigenvalue weighted by molar-refractivity contribution is 7.22. The van der Waals surface area contributed by atoms with Crippen molar-refractivity contribution in [2.24, 2.45) is 5.10 Å². The number of rotatable bonds is 4. The van der Waals surface area contributed by atoms with Gasteiger partial charge in [-0.25, -0.2) is 4.98 Å². The molecule has 0 bridgehead atoms. The third-order valence-electron chi connectivity index (χ3n) is 5.11. The van der Waals surface area contributed by atoms with E-state index in [9.17, 15) is 4.79 Å². The van der Waals surface area contributed by atoms with Crippen LogP contribution in [-0.4, -0.2) is 29.8 Å². The first-order valence-corrected chi connectivity index (χ1v) is 11.1. The molecule has 0 aliphatic carbocycles. The average Bonchev–Trinajstić information content (AvgIpc) is 3.22. The van der Waals surface area contributed by atoms with Gasteiger partial charge in [0.25, 0.3) is 5.91 Å². The topological polar surface area (TPSA) is 64.0 Å². The molecule has 1 unspecified atom stereocenters. The summed E-state index contributed by atoms with van der Waals surface area (Å²) in [5.41, 5.74) is 4.00. The van der Waals surface area contributed by atoms with Crippen molar-refractivity contribution in [3.05, 3.63) is 83.4 Å². The molecule has 3 aromatic carbocycles. The number of thiazole rings is 1. The van der Waals surface area contributed by atoms with Gasteiger partial charge < -0.3 is 9.47 Å². The summed E-state index contributed by atoms with van der Waals surface area (Å²) < 4.78 is 12.7. The van der Waals surface area contributed by atoms with Gasteiger partial charge in [0.05, 0.1) is 16.4 Å². The van der Waals surface area contributed by atoms with Gasteiger partial charge >= 0.3 is 0 Å². The molecule has 0 spiro atoms. The number of fused-ring (bicyclic) bond motifs is 2. The van der Waals surface area contributed by atoms with Crippen LogP contribution in [0.25, 0.3) is 10.2 Å². The first-order valence-electron chi connectivity index (χ1n) is 10.3. The summed E-state index contributed by atoms with van der Waals surface area (Å²) in [6.07, 6.45) is 0.834. The molecule has 5 rings (SSSR count). The summed E-state index contributed by atoms with van der Waals surface area (Å²) in [4.78, 5) is 18.2. The molecule has 1 amide bonds. The van der Waals surface area contributed by atoms with Crippen molar-refractivity contribution in [2.75, 3.05) is 11.6 Å². The van der Waals surface area contributed by atoms with E-state index in [2.05, 4.69) is 16.2 Å². The number of benzene rings is 3. The number of aromatic nitrogens is 1. The van der Waals surface area contributed by atoms with Crippen LogP contribution < -0.4 is 14.5 Å². The summed E-state index contributed by atoms with van der Waals surface area (Å²) in [5, 5.41) is 6.32. The van der Waals surface area contributed by atoms with Crippen molar-refractivity contribution < 1.29 is 14.3 Å².